The lowest BCUT2D eigenvalue weighted by Gasteiger charge is -2.49. The van der Waals surface area contributed by atoms with Crippen molar-refractivity contribution in [2.24, 2.45) is 10.6 Å². The van der Waals surface area contributed by atoms with Gasteiger partial charge >= 0.3 is 18.1 Å². The minimum absolute atomic E-state index is 0.0211. The zero-order valence-electron chi connectivity index (χ0n) is 22.5. The number of nitrogen functional groups attached to an aromatic ring is 1. The maximum atomic E-state index is 13.3. The van der Waals surface area contributed by atoms with Gasteiger partial charge in [0, 0.05) is 11.1 Å². The molecule has 2 aliphatic heterocycles. The zero-order valence-corrected chi connectivity index (χ0v) is 24.9. The number of ether oxygens (including phenoxy) is 2. The number of esters is 2. The number of carbonyl (C=O) groups excluding carboxylic acids is 4. The van der Waals surface area contributed by atoms with E-state index in [0.29, 0.717) is 0 Å². The average molecular weight is 661 g/mol. The second-order valence-corrected chi connectivity index (χ2v) is 12.8. The zero-order chi connectivity index (χ0) is 31.7. The molecule has 2 aromatic heterocycles. The highest BCUT2D eigenvalue weighted by Crippen LogP contribution is 2.42. The Morgan fingerprint density at radius 2 is 1.95 bits per heavy atom. The van der Waals surface area contributed by atoms with Gasteiger partial charge in [0.2, 0.25) is 6.79 Å². The first-order chi connectivity index (χ1) is 20.1. The van der Waals surface area contributed by atoms with Crippen LogP contribution in [0.2, 0.25) is 0 Å². The fourth-order valence-electron chi connectivity index (χ4n) is 3.76. The average Bonchev–Trinajstić information content (AvgIpc) is 3.58. The number of allylic oxidation sites excluding steroid dienone is 1. The number of hydrogen-bond donors (Lipinski definition) is 3. The molecule has 0 radical (unpaired) electrons. The van der Waals surface area contributed by atoms with Gasteiger partial charge in [0.1, 0.15) is 22.8 Å². The number of carbonyl (C=O) groups is 4. The lowest BCUT2D eigenvalue weighted by atomic mass is 9.98. The number of nitrogens with two attached hydrogens (primary N) is 1. The summed E-state index contributed by atoms with van der Waals surface area (Å²) in [6, 6.07) is -1.17. The Morgan fingerprint density at radius 3 is 2.56 bits per heavy atom. The van der Waals surface area contributed by atoms with Crippen LogP contribution in [-0.4, -0.2) is 73.5 Å². The van der Waals surface area contributed by atoms with Crippen molar-refractivity contribution in [2.75, 3.05) is 18.3 Å². The van der Waals surface area contributed by atoms with Crippen LogP contribution in [0, 0.1) is 5.41 Å². The molecular formula is C24H23F3N6O7S3. The normalized spacial score (nSPS) is 19.3. The number of rotatable bonds is 8. The van der Waals surface area contributed by atoms with Crippen LogP contribution in [0.25, 0.3) is 6.08 Å². The van der Waals surface area contributed by atoms with E-state index in [1.165, 1.54) is 11.5 Å². The third kappa shape index (κ3) is 6.83. The van der Waals surface area contributed by atoms with Gasteiger partial charge in [0.25, 0.3) is 11.8 Å². The van der Waals surface area contributed by atoms with Gasteiger partial charge < -0.3 is 25.7 Å². The summed E-state index contributed by atoms with van der Waals surface area (Å²) >= 11 is 2.84. The van der Waals surface area contributed by atoms with E-state index in [0.717, 1.165) is 50.9 Å². The molecule has 4 heterocycles. The van der Waals surface area contributed by atoms with Crippen LogP contribution in [0.5, 0.6) is 0 Å². The molecular weight excluding hydrogens is 637 g/mol. The van der Waals surface area contributed by atoms with Gasteiger partial charge in [-0.15, -0.1) is 34.4 Å². The number of β-lactam (4-membered cyclic amide) rings is 1. The quantitative estimate of drug-likeness (QED) is 0.0944. The van der Waals surface area contributed by atoms with E-state index in [-0.39, 0.29) is 32.7 Å². The van der Waals surface area contributed by atoms with Crippen LogP contribution in [-0.2, 0) is 34.8 Å². The second-order valence-electron chi connectivity index (χ2n) is 9.88. The molecule has 2 atom stereocenters. The molecule has 4 rings (SSSR count). The van der Waals surface area contributed by atoms with Crippen LogP contribution >= 0.6 is 34.4 Å². The molecule has 0 bridgehead atoms. The first-order valence-corrected chi connectivity index (χ1v) is 14.9. The number of halogens is 3. The first kappa shape index (κ1) is 32.0. The molecule has 4 N–H and O–H groups in total. The number of anilines is 1. The van der Waals surface area contributed by atoms with Crippen molar-refractivity contribution in [3.63, 3.8) is 0 Å². The minimum Gasteiger partial charge on any atom is -0.427 e. The first-order valence-electron chi connectivity index (χ1n) is 12.1. The van der Waals surface area contributed by atoms with Gasteiger partial charge in [-0.3, -0.25) is 19.3 Å². The van der Waals surface area contributed by atoms with Crippen LogP contribution in [0.15, 0.2) is 33.4 Å². The van der Waals surface area contributed by atoms with Crippen molar-refractivity contribution >= 4 is 75.1 Å². The predicted molar refractivity (Wildman–Crippen MR) is 150 cm³/mol. The van der Waals surface area contributed by atoms with E-state index in [9.17, 15) is 37.6 Å². The summed E-state index contributed by atoms with van der Waals surface area (Å²) in [7, 11) is 0. The van der Waals surface area contributed by atoms with Gasteiger partial charge in [0.05, 0.1) is 15.8 Å². The third-order valence-corrected chi connectivity index (χ3v) is 8.62. The molecule has 2 aromatic rings. The molecule has 0 saturated carbocycles. The molecule has 0 aliphatic carbocycles. The highest BCUT2D eigenvalue weighted by molar-refractivity contribution is 8.00. The van der Waals surface area contributed by atoms with Gasteiger partial charge in [-0.25, -0.2) is 14.8 Å². The molecule has 1 unspecified atom stereocenters. The predicted octanol–water partition coefficient (Wildman–Crippen LogP) is 2.84. The molecule has 230 valence electrons. The summed E-state index contributed by atoms with van der Waals surface area (Å²) in [5.74, 6) is -3.42. The van der Waals surface area contributed by atoms with Crippen molar-refractivity contribution in [3.05, 3.63) is 44.5 Å². The standard InChI is InChI=1S/C24H23F3N6O7S3/c1-23(2,3)21(37)40-9-39-20(36)15-10(4-5-12-16(24(25,26)27)29-8-43-12)6-41-19-14(18(35)33(15)19)31-17(34)13(32-38)11-7-42-22(28)30-11/h4-5,7-8,14,19,38H,6,9H2,1-3H3,(H2,28,30)(H,31,34)/b5-4+,32-13+/t14?,19-/m1/s1. The monoisotopic (exact) mass is 660 g/mol. The van der Waals surface area contributed by atoms with E-state index in [4.69, 9.17) is 15.2 Å². The Labute approximate surface area is 253 Å². The molecule has 1 saturated heterocycles. The van der Waals surface area contributed by atoms with Crippen LogP contribution in [0.4, 0.5) is 18.3 Å². The van der Waals surface area contributed by atoms with E-state index in [2.05, 4.69) is 20.4 Å². The summed E-state index contributed by atoms with van der Waals surface area (Å²) < 4.78 is 50.0. The molecule has 1 fully saturated rings. The maximum absolute atomic E-state index is 13.3. The van der Waals surface area contributed by atoms with Crippen molar-refractivity contribution in [1.29, 1.82) is 0 Å². The van der Waals surface area contributed by atoms with E-state index < -0.39 is 65.0 Å². The van der Waals surface area contributed by atoms with Crippen molar-refractivity contribution in [2.45, 2.75) is 38.4 Å². The SMILES string of the molecule is CC(C)(C)C(=O)OCOC(=O)C1=C(/C=C/c2scnc2C(F)(F)F)CS[C@@H]2C(NC(=O)/C(=N/O)c3csc(N)n3)C(=O)N12. The number of amides is 2. The summed E-state index contributed by atoms with van der Waals surface area (Å²) in [5, 5.41) is 15.4. The van der Waals surface area contributed by atoms with Crippen LogP contribution < -0.4 is 11.1 Å². The molecule has 0 spiro atoms. The molecule has 2 amide bonds. The minimum atomic E-state index is -4.71. The highest BCUT2D eigenvalue weighted by atomic mass is 32.2. The van der Waals surface area contributed by atoms with E-state index in [1.807, 2.05) is 0 Å². The lowest BCUT2D eigenvalue weighted by molar-refractivity contribution is -0.173. The van der Waals surface area contributed by atoms with Crippen molar-refractivity contribution in [1.82, 2.24) is 20.2 Å². The Kier molecular flexibility index (Phi) is 9.16. The number of hydrogen-bond acceptors (Lipinski definition) is 14. The Hall–Kier alpha value is -3.97. The fraction of sp³-hybridized carbons (Fsp3) is 0.375. The number of alkyl halides is 3. The number of nitrogens with one attached hydrogen (secondary N) is 1. The van der Waals surface area contributed by atoms with Gasteiger partial charge in [-0.05, 0) is 32.4 Å². The Morgan fingerprint density at radius 1 is 1.23 bits per heavy atom. The highest BCUT2D eigenvalue weighted by Gasteiger charge is 2.54. The molecule has 2 aliphatic rings. The smallest absolute Gasteiger partial charge is 0.427 e. The van der Waals surface area contributed by atoms with Gasteiger partial charge in [0.15, 0.2) is 16.5 Å². The van der Waals surface area contributed by atoms with Crippen LogP contribution in [0.1, 0.15) is 37.0 Å². The fourth-order valence-corrected chi connectivity index (χ4v) is 6.33. The van der Waals surface area contributed by atoms with E-state index >= 15 is 0 Å². The molecule has 13 nitrogen and oxygen atoms in total. The number of nitrogens with zero attached hydrogens (tertiary/aromatic N) is 4. The second kappa shape index (κ2) is 12.3. The third-order valence-electron chi connectivity index (χ3n) is 5.85. The van der Waals surface area contributed by atoms with Gasteiger partial charge in [-0.2, -0.15) is 13.2 Å². The Balaban J connectivity index is 1.58. The number of aromatic nitrogens is 2. The van der Waals surface area contributed by atoms with Crippen LogP contribution in [0.3, 0.4) is 0 Å². The molecule has 43 heavy (non-hydrogen) atoms. The van der Waals surface area contributed by atoms with Gasteiger partial charge in [-0.1, -0.05) is 11.2 Å². The number of thioether (sulfide) groups is 1. The van der Waals surface area contributed by atoms with Crippen molar-refractivity contribution < 1.29 is 47.0 Å². The summed E-state index contributed by atoms with van der Waals surface area (Å²) in [5.41, 5.74) is 3.91. The lowest BCUT2D eigenvalue weighted by Crippen LogP contribution is -2.71. The topological polar surface area (TPSA) is 186 Å². The summed E-state index contributed by atoms with van der Waals surface area (Å²) in [6.45, 7) is 3.98. The Bertz CT molecular complexity index is 1540. The molecule has 0 aromatic carbocycles. The number of thiazole rings is 2. The molecule has 19 heteroatoms. The number of fused-ring (bicyclic) bond motifs is 1. The maximum Gasteiger partial charge on any atom is 0.434 e. The van der Waals surface area contributed by atoms with E-state index in [1.54, 1.807) is 20.8 Å². The summed E-state index contributed by atoms with van der Waals surface area (Å²) in [4.78, 5) is 59.3. The summed E-state index contributed by atoms with van der Waals surface area (Å²) in [6.07, 6.45) is -2.35. The largest absolute Gasteiger partial charge is 0.434 e. The number of oxime groups is 1. The van der Waals surface area contributed by atoms with Crippen molar-refractivity contribution in [3.8, 4) is 0 Å².